The zero-order chi connectivity index (χ0) is 35.7. The van der Waals surface area contributed by atoms with Crippen molar-refractivity contribution in [1.29, 1.82) is 0 Å². The first kappa shape index (κ1) is 47.6. The maximum atomic E-state index is 3.66. The van der Waals surface area contributed by atoms with Crippen LogP contribution in [0.1, 0.15) is 92.4 Å². The number of nitrogens with one attached hydrogen (secondary N) is 2. The first-order valence-electron chi connectivity index (χ1n) is 20.6. The topological polar surface area (TPSA) is 46.7 Å². The van der Waals surface area contributed by atoms with Gasteiger partial charge in [-0.15, -0.1) is 0 Å². The average Bonchev–Trinajstić information content (AvgIpc) is 3.08. The van der Waals surface area contributed by atoms with Gasteiger partial charge >= 0.3 is 0 Å². The van der Waals surface area contributed by atoms with E-state index in [0.717, 1.165) is 91.6 Å². The second-order valence-corrected chi connectivity index (χ2v) is 14.5. The van der Waals surface area contributed by atoms with Crippen LogP contribution in [-0.2, 0) is 0 Å². The minimum atomic E-state index is 1.05. The molecule has 0 aliphatic heterocycles. The van der Waals surface area contributed by atoms with Crippen molar-refractivity contribution < 1.29 is 0 Å². The Hall–Kier alpha value is -0.360. The van der Waals surface area contributed by atoms with Gasteiger partial charge in [0.2, 0.25) is 0 Å². The van der Waals surface area contributed by atoms with E-state index in [4.69, 9.17) is 0 Å². The van der Waals surface area contributed by atoms with Crippen molar-refractivity contribution in [2.24, 2.45) is 0 Å². The summed E-state index contributed by atoms with van der Waals surface area (Å²) in [6, 6.07) is 0. The van der Waals surface area contributed by atoms with Crippen LogP contribution in [0.5, 0.6) is 0 Å². The second kappa shape index (κ2) is 35.1. The molecule has 0 radical (unpaired) electrons. The van der Waals surface area contributed by atoms with Crippen LogP contribution in [0, 0.1) is 0 Å². The fourth-order valence-electron chi connectivity index (χ4n) is 6.17. The highest BCUT2D eigenvalue weighted by molar-refractivity contribution is 4.71. The van der Waals surface area contributed by atoms with Crippen LogP contribution in [0.3, 0.4) is 0 Å². The number of rotatable bonds is 38. The molecule has 0 spiro atoms. The van der Waals surface area contributed by atoms with Crippen LogP contribution >= 0.6 is 0 Å². The molecule has 0 aliphatic carbocycles. The van der Waals surface area contributed by atoms with Crippen LogP contribution < -0.4 is 10.6 Å². The van der Waals surface area contributed by atoms with Crippen molar-refractivity contribution in [3.05, 3.63) is 0 Å². The molecule has 48 heavy (non-hydrogen) atoms. The van der Waals surface area contributed by atoms with Crippen LogP contribution in [0.2, 0.25) is 0 Å². The Labute approximate surface area is 302 Å². The Morgan fingerprint density at radius 3 is 1.25 bits per heavy atom. The molecule has 2 N–H and O–H groups in total. The largest absolute Gasteiger partial charge is 0.318 e. The number of nitrogens with zero attached hydrogens (tertiary/aromatic N) is 7. The van der Waals surface area contributed by atoms with Crippen molar-refractivity contribution in [3.8, 4) is 0 Å². The Balaban J connectivity index is 5.01. The molecular formula is C39H89N9. The molecule has 0 atom stereocenters. The molecule has 0 fully saturated rings. The second-order valence-electron chi connectivity index (χ2n) is 14.5. The molecule has 9 nitrogen and oxygen atoms in total. The summed E-state index contributed by atoms with van der Waals surface area (Å²) in [5, 5.41) is 6.95. The van der Waals surface area contributed by atoms with E-state index in [0.29, 0.717) is 0 Å². The SMILES string of the molecule is CCCCCCN(CCCC)CCN(CCNCCC)CCN(C)CCN(CCC)CCN(CCN(C)CCC)CCN(C)CCNC. The Bertz CT molecular complexity index is 641. The summed E-state index contributed by atoms with van der Waals surface area (Å²) in [5.41, 5.74) is 0. The predicted octanol–water partition coefficient (Wildman–Crippen LogP) is 4.41. The highest BCUT2D eigenvalue weighted by Gasteiger charge is 2.14. The highest BCUT2D eigenvalue weighted by atomic mass is 15.3. The lowest BCUT2D eigenvalue weighted by atomic mass is 10.2. The molecule has 0 saturated heterocycles. The maximum absolute atomic E-state index is 3.66. The quantitative estimate of drug-likeness (QED) is 0.0923. The molecule has 0 aromatic heterocycles. The minimum Gasteiger partial charge on any atom is -0.318 e. The lowest BCUT2D eigenvalue weighted by Crippen LogP contribution is -2.45. The van der Waals surface area contributed by atoms with Gasteiger partial charge in [0.1, 0.15) is 0 Å². The van der Waals surface area contributed by atoms with Gasteiger partial charge in [0.25, 0.3) is 0 Å². The zero-order valence-electron chi connectivity index (χ0n) is 34.3. The third kappa shape index (κ3) is 29.4. The third-order valence-electron chi connectivity index (χ3n) is 9.73. The monoisotopic (exact) mass is 684 g/mol. The van der Waals surface area contributed by atoms with Gasteiger partial charge in [0.05, 0.1) is 0 Å². The van der Waals surface area contributed by atoms with Crippen LogP contribution in [0.25, 0.3) is 0 Å². The van der Waals surface area contributed by atoms with E-state index in [2.05, 4.69) is 101 Å². The van der Waals surface area contributed by atoms with Gasteiger partial charge in [0.15, 0.2) is 0 Å². The molecular weight excluding hydrogens is 594 g/mol. The molecule has 0 amide bonds. The third-order valence-corrected chi connectivity index (χ3v) is 9.73. The van der Waals surface area contributed by atoms with Gasteiger partial charge < -0.3 is 35.1 Å². The van der Waals surface area contributed by atoms with Gasteiger partial charge in [0, 0.05) is 105 Å². The number of likely N-dealkylation sites (N-methyl/N-ethyl adjacent to an activating group) is 4. The first-order valence-corrected chi connectivity index (χ1v) is 20.6. The molecule has 0 heterocycles. The molecule has 0 bridgehead atoms. The molecule has 0 rings (SSSR count). The number of hydrogen-bond acceptors (Lipinski definition) is 9. The van der Waals surface area contributed by atoms with E-state index < -0.39 is 0 Å². The standard InChI is InChI=1S/C39H89N9/c1-10-15-17-18-25-46(24-16-11-2)37-38-47(27-21-41-19-12-3)33-31-44(9)30-32-45(23-14-5)36-39-48(34-28-42(7)22-13-4)35-29-43(8)26-20-40-6/h40-41H,10-39H2,1-9H3. The summed E-state index contributed by atoms with van der Waals surface area (Å²) < 4.78 is 0. The van der Waals surface area contributed by atoms with Crippen molar-refractivity contribution in [1.82, 2.24) is 44.9 Å². The molecule has 290 valence electrons. The molecule has 0 aliphatic rings. The van der Waals surface area contributed by atoms with E-state index in [1.807, 2.05) is 7.05 Å². The summed E-state index contributed by atoms with van der Waals surface area (Å²) in [6.45, 7) is 35.9. The molecule has 0 aromatic rings. The summed E-state index contributed by atoms with van der Waals surface area (Å²) in [7, 11) is 8.93. The van der Waals surface area contributed by atoms with E-state index >= 15 is 0 Å². The highest BCUT2D eigenvalue weighted by Crippen LogP contribution is 2.05. The van der Waals surface area contributed by atoms with Crippen molar-refractivity contribution in [3.63, 3.8) is 0 Å². The Morgan fingerprint density at radius 1 is 0.312 bits per heavy atom. The smallest absolute Gasteiger partial charge is 0.0110 e. The van der Waals surface area contributed by atoms with Crippen LogP contribution in [0.15, 0.2) is 0 Å². The van der Waals surface area contributed by atoms with Crippen LogP contribution in [-0.4, -0.2) is 200 Å². The fraction of sp³-hybridized carbons (Fsp3) is 1.00. The Kier molecular flexibility index (Phi) is 34.8. The van der Waals surface area contributed by atoms with E-state index in [9.17, 15) is 0 Å². The maximum Gasteiger partial charge on any atom is 0.0110 e. The zero-order valence-corrected chi connectivity index (χ0v) is 34.3. The van der Waals surface area contributed by atoms with Crippen molar-refractivity contribution in [2.45, 2.75) is 92.4 Å². The molecule has 0 unspecified atom stereocenters. The molecule has 0 saturated carbocycles. The van der Waals surface area contributed by atoms with Crippen molar-refractivity contribution >= 4 is 0 Å². The van der Waals surface area contributed by atoms with E-state index in [1.54, 1.807) is 0 Å². The van der Waals surface area contributed by atoms with Crippen LogP contribution in [0.4, 0.5) is 0 Å². The normalized spacial score (nSPS) is 12.5. The lowest BCUT2D eigenvalue weighted by molar-refractivity contribution is 0.154. The van der Waals surface area contributed by atoms with Gasteiger partial charge in [-0.2, -0.15) is 0 Å². The molecule has 9 heteroatoms. The molecule has 0 aromatic carbocycles. The summed E-state index contributed by atoms with van der Waals surface area (Å²) in [4.78, 5) is 18.5. The fourth-order valence-corrected chi connectivity index (χ4v) is 6.17. The number of unbranched alkanes of at least 4 members (excludes halogenated alkanes) is 4. The Morgan fingerprint density at radius 2 is 0.750 bits per heavy atom. The summed E-state index contributed by atoms with van der Waals surface area (Å²) >= 11 is 0. The van der Waals surface area contributed by atoms with Crippen molar-refractivity contribution in [2.75, 3.05) is 166 Å². The van der Waals surface area contributed by atoms with Gasteiger partial charge in [-0.3, -0.25) is 9.80 Å². The number of hydrogen-bond donors (Lipinski definition) is 2. The van der Waals surface area contributed by atoms with Gasteiger partial charge in [-0.05, 0) is 93.0 Å². The van der Waals surface area contributed by atoms with E-state index in [-0.39, 0.29) is 0 Å². The lowest BCUT2D eigenvalue weighted by Gasteiger charge is -2.32. The van der Waals surface area contributed by atoms with E-state index in [1.165, 1.54) is 104 Å². The summed E-state index contributed by atoms with van der Waals surface area (Å²) in [5.74, 6) is 0. The minimum absolute atomic E-state index is 1.05. The predicted molar refractivity (Wildman–Crippen MR) is 215 cm³/mol. The average molecular weight is 684 g/mol. The van der Waals surface area contributed by atoms with Gasteiger partial charge in [-0.1, -0.05) is 60.3 Å². The van der Waals surface area contributed by atoms with Gasteiger partial charge in [-0.25, -0.2) is 0 Å². The summed E-state index contributed by atoms with van der Waals surface area (Å²) in [6.07, 6.45) is 11.7. The first-order chi connectivity index (χ1) is 23.3.